The number of urea groups is 1. The number of hydrogen-bond donors (Lipinski definition) is 2. The van der Waals surface area contributed by atoms with Gasteiger partial charge in [-0.15, -0.1) is 0 Å². The van der Waals surface area contributed by atoms with Gasteiger partial charge < -0.3 is 10.6 Å². The van der Waals surface area contributed by atoms with E-state index < -0.39 is 0 Å². The predicted octanol–water partition coefficient (Wildman–Crippen LogP) is 1.20. The summed E-state index contributed by atoms with van der Waals surface area (Å²) < 4.78 is 0. The van der Waals surface area contributed by atoms with Crippen molar-refractivity contribution in [2.75, 3.05) is 18.1 Å². The molecule has 1 aliphatic carbocycles. The first-order valence-electron chi connectivity index (χ1n) is 4.96. The molecular weight excluding hydrogens is 184 g/mol. The van der Waals surface area contributed by atoms with Gasteiger partial charge in [0.05, 0.1) is 0 Å². The Morgan fingerprint density at radius 3 is 2.85 bits per heavy atom. The zero-order valence-electron chi connectivity index (χ0n) is 7.71. The van der Waals surface area contributed by atoms with E-state index in [9.17, 15) is 4.79 Å². The highest BCUT2D eigenvalue weighted by atomic mass is 32.2. The van der Waals surface area contributed by atoms with Crippen molar-refractivity contribution in [2.24, 2.45) is 5.92 Å². The number of thioether (sulfide) groups is 1. The van der Waals surface area contributed by atoms with Crippen LogP contribution in [0, 0.1) is 5.92 Å². The quantitative estimate of drug-likeness (QED) is 0.719. The lowest BCUT2D eigenvalue weighted by Gasteiger charge is -2.11. The lowest BCUT2D eigenvalue weighted by atomic mass is 10.3. The van der Waals surface area contributed by atoms with Gasteiger partial charge in [0, 0.05) is 18.3 Å². The van der Waals surface area contributed by atoms with Gasteiger partial charge in [-0.2, -0.15) is 11.8 Å². The van der Waals surface area contributed by atoms with Gasteiger partial charge in [-0.1, -0.05) is 0 Å². The molecule has 0 aromatic rings. The maximum Gasteiger partial charge on any atom is 0.315 e. The minimum atomic E-state index is 0.0272. The van der Waals surface area contributed by atoms with E-state index in [1.54, 1.807) is 0 Å². The van der Waals surface area contributed by atoms with Crippen molar-refractivity contribution < 1.29 is 4.79 Å². The van der Waals surface area contributed by atoms with Gasteiger partial charge in [0.2, 0.25) is 0 Å². The minimum absolute atomic E-state index is 0.0272. The Bertz CT molecular complexity index is 188. The Labute approximate surface area is 83.0 Å². The van der Waals surface area contributed by atoms with Gasteiger partial charge in [0.15, 0.2) is 0 Å². The van der Waals surface area contributed by atoms with Crippen molar-refractivity contribution in [2.45, 2.75) is 25.3 Å². The highest BCUT2D eigenvalue weighted by molar-refractivity contribution is 7.99. The third kappa shape index (κ3) is 3.10. The summed E-state index contributed by atoms with van der Waals surface area (Å²) in [6, 6.07) is 0.434. The Kier molecular flexibility index (Phi) is 2.98. The topological polar surface area (TPSA) is 41.1 Å². The SMILES string of the molecule is O=C(NCC1CC1)NC1CCSC1. The molecule has 1 unspecified atom stereocenters. The van der Waals surface area contributed by atoms with Crippen molar-refractivity contribution in [1.29, 1.82) is 0 Å². The van der Waals surface area contributed by atoms with Crippen LogP contribution in [0.25, 0.3) is 0 Å². The normalized spacial score (nSPS) is 27.2. The molecule has 0 radical (unpaired) electrons. The molecule has 13 heavy (non-hydrogen) atoms. The van der Waals surface area contributed by atoms with Crippen LogP contribution in [-0.2, 0) is 0 Å². The summed E-state index contributed by atoms with van der Waals surface area (Å²) >= 11 is 1.92. The van der Waals surface area contributed by atoms with E-state index in [0.717, 1.165) is 24.6 Å². The smallest absolute Gasteiger partial charge is 0.315 e. The highest BCUT2D eigenvalue weighted by Crippen LogP contribution is 2.27. The fourth-order valence-corrected chi connectivity index (χ4v) is 2.60. The summed E-state index contributed by atoms with van der Waals surface area (Å²) in [6.07, 6.45) is 3.71. The van der Waals surface area contributed by atoms with Gasteiger partial charge in [0.25, 0.3) is 0 Å². The first-order chi connectivity index (χ1) is 6.34. The van der Waals surface area contributed by atoms with Gasteiger partial charge in [0.1, 0.15) is 0 Å². The summed E-state index contributed by atoms with van der Waals surface area (Å²) in [5.74, 6) is 3.04. The van der Waals surface area contributed by atoms with Crippen LogP contribution in [-0.4, -0.2) is 30.1 Å². The molecule has 0 aromatic carbocycles. The molecule has 74 valence electrons. The second kappa shape index (κ2) is 4.22. The van der Waals surface area contributed by atoms with Gasteiger partial charge in [-0.05, 0) is 30.9 Å². The maximum absolute atomic E-state index is 11.3. The molecule has 2 rings (SSSR count). The zero-order valence-corrected chi connectivity index (χ0v) is 8.53. The number of carbonyl (C=O) groups excluding carboxylic acids is 1. The largest absolute Gasteiger partial charge is 0.338 e. The Morgan fingerprint density at radius 1 is 1.38 bits per heavy atom. The highest BCUT2D eigenvalue weighted by Gasteiger charge is 2.22. The summed E-state index contributed by atoms with van der Waals surface area (Å²) in [4.78, 5) is 11.3. The van der Waals surface area contributed by atoms with Crippen molar-refractivity contribution in [3.05, 3.63) is 0 Å². The van der Waals surface area contributed by atoms with Crippen LogP contribution in [0.5, 0.6) is 0 Å². The van der Waals surface area contributed by atoms with E-state index in [1.165, 1.54) is 18.6 Å². The van der Waals surface area contributed by atoms with E-state index in [4.69, 9.17) is 0 Å². The fourth-order valence-electron chi connectivity index (χ4n) is 1.44. The minimum Gasteiger partial charge on any atom is -0.338 e. The Balaban J connectivity index is 1.59. The first-order valence-corrected chi connectivity index (χ1v) is 6.12. The molecule has 2 N–H and O–H groups in total. The fraction of sp³-hybridized carbons (Fsp3) is 0.889. The molecule has 2 aliphatic rings. The van der Waals surface area contributed by atoms with Crippen LogP contribution in [0.2, 0.25) is 0 Å². The molecule has 1 atom stereocenters. The molecule has 1 saturated carbocycles. The molecule has 1 heterocycles. The van der Waals surface area contributed by atoms with E-state index in [0.29, 0.717) is 6.04 Å². The van der Waals surface area contributed by atoms with Crippen LogP contribution in [0.1, 0.15) is 19.3 Å². The lowest BCUT2D eigenvalue weighted by Crippen LogP contribution is -2.42. The molecule has 1 aliphatic heterocycles. The van der Waals surface area contributed by atoms with Crippen LogP contribution >= 0.6 is 11.8 Å². The monoisotopic (exact) mass is 200 g/mol. The molecule has 0 spiro atoms. The number of carbonyl (C=O) groups is 1. The van der Waals surface area contributed by atoms with Gasteiger partial charge in [-0.25, -0.2) is 4.79 Å². The van der Waals surface area contributed by atoms with Crippen molar-refractivity contribution >= 4 is 17.8 Å². The van der Waals surface area contributed by atoms with Crippen molar-refractivity contribution in [3.63, 3.8) is 0 Å². The van der Waals surface area contributed by atoms with Crippen LogP contribution in [0.3, 0.4) is 0 Å². The van der Waals surface area contributed by atoms with E-state index in [1.807, 2.05) is 11.8 Å². The Hall–Kier alpha value is -0.380. The molecule has 1 saturated heterocycles. The number of amides is 2. The van der Waals surface area contributed by atoms with Crippen LogP contribution in [0.4, 0.5) is 4.79 Å². The van der Waals surface area contributed by atoms with Crippen LogP contribution in [0.15, 0.2) is 0 Å². The second-order valence-electron chi connectivity index (χ2n) is 3.86. The molecule has 4 heteroatoms. The van der Waals surface area contributed by atoms with Crippen molar-refractivity contribution in [1.82, 2.24) is 10.6 Å². The zero-order chi connectivity index (χ0) is 9.10. The summed E-state index contributed by atoms with van der Waals surface area (Å²) in [5, 5.41) is 5.90. The molecule has 0 aromatic heterocycles. The molecule has 0 bridgehead atoms. The third-order valence-electron chi connectivity index (χ3n) is 2.51. The van der Waals surface area contributed by atoms with Crippen LogP contribution < -0.4 is 10.6 Å². The van der Waals surface area contributed by atoms with Gasteiger partial charge >= 0.3 is 6.03 Å². The molecular formula is C9H16N2OS. The maximum atomic E-state index is 11.3. The summed E-state index contributed by atoms with van der Waals surface area (Å²) in [7, 11) is 0. The standard InChI is InChI=1S/C9H16N2OS/c12-9(10-5-7-1-2-7)11-8-3-4-13-6-8/h7-8H,1-6H2,(H2,10,11,12). The summed E-state index contributed by atoms with van der Waals surface area (Å²) in [6.45, 7) is 0.867. The number of rotatable bonds is 3. The number of nitrogens with one attached hydrogen (secondary N) is 2. The molecule has 3 nitrogen and oxygen atoms in total. The van der Waals surface area contributed by atoms with E-state index >= 15 is 0 Å². The first kappa shape index (κ1) is 9.19. The van der Waals surface area contributed by atoms with E-state index in [2.05, 4.69) is 10.6 Å². The van der Waals surface area contributed by atoms with Gasteiger partial charge in [-0.3, -0.25) is 0 Å². The molecule has 2 fully saturated rings. The number of hydrogen-bond acceptors (Lipinski definition) is 2. The predicted molar refractivity (Wildman–Crippen MR) is 55.0 cm³/mol. The average Bonchev–Trinajstić information content (AvgIpc) is 2.82. The third-order valence-corrected chi connectivity index (χ3v) is 3.68. The molecule has 2 amide bonds. The average molecular weight is 200 g/mol. The summed E-state index contributed by atoms with van der Waals surface area (Å²) in [5.41, 5.74) is 0. The lowest BCUT2D eigenvalue weighted by molar-refractivity contribution is 0.237. The van der Waals surface area contributed by atoms with E-state index in [-0.39, 0.29) is 6.03 Å². The Morgan fingerprint density at radius 2 is 2.23 bits per heavy atom. The van der Waals surface area contributed by atoms with Crippen molar-refractivity contribution in [3.8, 4) is 0 Å². The second-order valence-corrected chi connectivity index (χ2v) is 5.01.